The van der Waals surface area contributed by atoms with Gasteiger partial charge in [0.1, 0.15) is 0 Å². The summed E-state index contributed by atoms with van der Waals surface area (Å²) in [5, 5.41) is 23.4. The Morgan fingerprint density at radius 2 is 1.95 bits per heavy atom. The summed E-state index contributed by atoms with van der Waals surface area (Å²) in [5.74, 6) is 1.38. The summed E-state index contributed by atoms with van der Waals surface area (Å²) in [7, 11) is 0. The highest BCUT2D eigenvalue weighted by Crippen LogP contribution is 2.34. The minimum absolute atomic E-state index is 0.229. The highest BCUT2D eigenvalue weighted by atomic mass is 16.7. The number of rotatable bonds is 7. The number of aliphatic hydroxyl groups excluding tert-OH is 1. The van der Waals surface area contributed by atoms with Gasteiger partial charge in [-0.15, -0.1) is 0 Å². The Morgan fingerprint density at radius 3 is 2.65 bits per heavy atom. The van der Waals surface area contributed by atoms with E-state index in [0.717, 1.165) is 5.56 Å². The fraction of sp³-hybridized carbons (Fsp3) is 0.600. The van der Waals surface area contributed by atoms with Crippen molar-refractivity contribution in [3.8, 4) is 11.5 Å². The van der Waals surface area contributed by atoms with Gasteiger partial charge in [-0.2, -0.15) is 0 Å². The predicted molar refractivity (Wildman–Crippen MR) is 75.9 cm³/mol. The van der Waals surface area contributed by atoms with E-state index in [-0.39, 0.29) is 6.79 Å². The number of benzene rings is 1. The number of hydrogen-bond acceptors (Lipinski definition) is 5. The Balaban J connectivity index is 1.87. The quantitative estimate of drug-likeness (QED) is 0.708. The first-order valence-electron chi connectivity index (χ1n) is 7.08. The number of hydrogen-bond donors (Lipinski definition) is 3. The second-order valence-corrected chi connectivity index (χ2v) is 5.19. The van der Waals surface area contributed by atoms with E-state index in [2.05, 4.69) is 5.32 Å². The molecule has 1 atom stereocenters. The largest absolute Gasteiger partial charge is 0.454 e. The molecule has 1 unspecified atom stereocenters. The molecular formula is C15H23NO4. The Hall–Kier alpha value is -1.30. The number of aliphatic hydroxyl groups is 2. The first kappa shape index (κ1) is 15.1. The lowest BCUT2D eigenvalue weighted by Gasteiger charge is -2.26. The van der Waals surface area contributed by atoms with Gasteiger partial charge in [0.15, 0.2) is 11.5 Å². The normalized spacial score (nSPS) is 15.4. The lowest BCUT2D eigenvalue weighted by molar-refractivity contribution is 0.0293. The molecule has 0 amide bonds. The van der Waals surface area contributed by atoms with Gasteiger partial charge in [-0.3, -0.25) is 0 Å². The van der Waals surface area contributed by atoms with Crippen molar-refractivity contribution in [3.05, 3.63) is 23.8 Å². The van der Waals surface area contributed by atoms with Gasteiger partial charge in [-0.05, 0) is 30.5 Å². The highest BCUT2D eigenvalue weighted by molar-refractivity contribution is 5.45. The van der Waals surface area contributed by atoms with Gasteiger partial charge < -0.3 is 25.0 Å². The van der Waals surface area contributed by atoms with E-state index in [4.69, 9.17) is 9.47 Å². The molecule has 0 aromatic heterocycles. The van der Waals surface area contributed by atoms with Crippen LogP contribution in [-0.2, 0) is 0 Å². The van der Waals surface area contributed by atoms with Crippen LogP contribution >= 0.6 is 0 Å². The minimum atomic E-state index is -0.700. The standard InChI is InChI=1S/C15H23NO4/c1-3-15(18,4-2)9-16-8-12(17)11-5-6-13-14(7-11)20-10-19-13/h5-7,12,16-18H,3-4,8-10H2,1-2H3. The molecule has 5 heteroatoms. The maximum Gasteiger partial charge on any atom is 0.231 e. The van der Waals surface area contributed by atoms with Crippen LogP contribution in [0.5, 0.6) is 11.5 Å². The molecule has 0 bridgehead atoms. The molecule has 1 aromatic carbocycles. The second kappa shape index (κ2) is 6.43. The third-order valence-corrected chi connectivity index (χ3v) is 3.89. The maximum atomic E-state index is 10.2. The average molecular weight is 281 g/mol. The van der Waals surface area contributed by atoms with Crippen LogP contribution in [0.2, 0.25) is 0 Å². The summed E-state index contributed by atoms with van der Waals surface area (Å²) >= 11 is 0. The van der Waals surface area contributed by atoms with Crippen LogP contribution in [0.1, 0.15) is 38.4 Å². The number of ether oxygens (including phenoxy) is 2. The molecule has 5 nitrogen and oxygen atoms in total. The van der Waals surface area contributed by atoms with Gasteiger partial charge >= 0.3 is 0 Å². The van der Waals surface area contributed by atoms with Crippen LogP contribution in [-0.4, -0.2) is 35.7 Å². The van der Waals surface area contributed by atoms with Gasteiger partial charge in [0, 0.05) is 13.1 Å². The summed E-state index contributed by atoms with van der Waals surface area (Å²) in [6.45, 7) is 5.01. The summed E-state index contributed by atoms with van der Waals surface area (Å²) in [5.41, 5.74) is 0.0764. The fourth-order valence-corrected chi connectivity index (χ4v) is 2.18. The third kappa shape index (κ3) is 3.42. The van der Waals surface area contributed by atoms with Crippen molar-refractivity contribution in [2.75, 3.05) is 19.9 Å². The number of fused-ring (bicyclic) bond motifs is 1. The minimum Gasteiger partial charge on any atom is -0.454 e. The molecule has 0 aliphatic carbocycles. The Morgan fingerprint density at radius 1 is 1.25 bits per heavy atom. The van der Waals surface area contributed by atoms with Gasteiger partial charge in [-0.1, -0.05) is 19.9 Å². The van der Waals surface area contributed by atoms with Crippen LogP contribution in [0.4, 0.5) is 0 Å². The van der Waals surface area contributed by atoms with Crippen molar-refractivity contribution < 1.29 is 19.7 Å². The van der Waals surface area contributed by atoms with Crippen LogP contribution in [0, 0.1) is 0 Å². The van der Waals surface area contributed by atoms with E-state index in [1.54, 1.807) is 12.1 Å². The zero-order valence-electron chi connectivity index (χ0n) is 12.1. The van der Waals surface area contributed by atoms with Crippen LogP contribution in [0.15, 0.2) is 18.2 Å². The number of nitrogens with one attached hydrogen (secondary N) is 1. The Labute approximate surface area is 119 Å². The van der Waals surface area contributed by atoms with Gasteiger partial charge in [0.2, 0.25) is 6.79 Å². The van der Waals surface area contributed by atoms with Crippen molar-refractivity contribution in [1.29, 1.82) is 0 Å². The highest BCUT2D eigenvalue weighted by Gasteiger charge is 2.22. The monoisotopic (exact) mass is 281 g/mol. The van der Waals surface area contributed by atoms with Crippen molar-refractivity contribution in [3.63, 3.8) is 0 Å². The molecule has 0 saturated carbocycles. The van der Waals surface area contributed by atoms with E-state index in [9.17, 15) is 10.2 Å². The summed E-state index contributed by atoms with van der Waals surface area (Å²) in [6.07, 6.45) is 0.746. The van der Waals surface area contributed by atoms with Crippen LogP contribution < -0.4 is 14.8 Å². The molecule has 3 N–H and O–H groups in total. The Kier molecular flexibility index (Phi) is 4.86. The van der Waals surface area contributed by atoms with E-state index >= 15 is 0 Å². The van der Waals surface area contributed by atoms with Crippen LogP contribution in [0.25, 0.3) is 0 Å². The zero-order valence-corrected chi connectivity index (χ0v) is 12.1. The zero-order chi connectivity index (χ0) is 14.6. The molecule has 112 valence electrons. The van der Waals surface area contributed by atoms with Crippen LogP contribution in [0.3, 0.4) is 0 Å². The van der Waals surface area contributed by atoms with Crippen molar-refractivity contribution in [2.24, 2.45) is 0 Å². The Bertz CT molecular complexity index is 445. The molecule has 1 heterocycles. The summed E-state index contributed by atoms with van der Waals surface area (Å²) < 4.78 is 10.5. The summed E-state index contributed by atoms with van der Waals surface area (Å²) in [4.78, 5) is 0. The fourth-order valence-electron chi connectivity index (χ4n) is 2.18. The van der Waals surface area contributed by atoms with E-state index in [0.29, 0.717) is 37.4 Å². The van der Waals surface area contributed by atoms with Crippen molar-refractivity contribution in [2.45, 2.75) is 38.4 Å². The SMILES string of the molecule is CCC(O)(CC)CNCC(O)c1ccc2c(c1)OCO2. The first-order valence-corrected chi connectivity index (χ1v) is 7.08. The van der Waals surface area contributed by atoms with E-state index in [1.165, 1.54) is 0 Å². The molecule has 1 aliphatic rings. The first-order chi connectivity index (χ1) is 9.58. The van der Waals surface area contributed by atoms with Gasteiger partial charge in [0.05, 0.1) is 11.7 Å². The third-order valence-electron chi connectivity index (χ3n) is 3.89. The van der Waals surface area contributed by atoms with E-state index in [1.807, 2.05) is 19.9 Å². The lowest BCUT2D eigenvalue weighted by Crippen LogP contribution is -2.40. The van der Waals surface area contributed by atoms with Crippen molar-refractivity contribution in [1.82, 2.24) is 5.32 Å². The molecule has 0 fully saturated rings. The molecule has 20 heavy (non-hydrogen) atoms. The smallest absolute Gasteiger partial charge is 0.231 e. The van der Waals surface area contributed by atoms with Gasteiger partial charge in [-0.25, -0.2) is 0 Å². The second-order valence-electron chi connectivity index (χ2n) is 5.19. The molecule has 0 saturated heterocycles. The maximum absolute atomic E-state index is 10.2. The lowest BCUT2D eigenvalue weighted by atomic mass is 9.97. The molecule has 0 spiro atoms. The average Bonchev–Trinajstić information content (AvgIpc) is 2.94. The van der Waals surface area contributed by atoms with Gasteiger partial charge in [0.25, 0.3) is 0 Å². The topological polar surface area (TPSA) is 71.0 Å². The molecular weight excluding hydrogens is 258 g/mol. The molecule has 2 rings (SSSR count). The van der Waals surface area contributed by atoms with E-state index < -0.39 is 11.7 Å². The molecule has 1 aromatic rings. The predicted octanol–water partition coefficient (Wildman–Crippen LogP) is 1.59. The molecule has 1 aliphatic heterocycles. The summed E-state index contributed by atoms with van der Waals surface area (Å²) in [6, 6.07) is 5.42. The van der Waals surface area contributed by atoms with Crippen molar-refractivity contribution >= 4 is 0 Å². The molecule has 0 radical (unpaired) electrons.